The number of carbonyl (C=O) groups is 1. The van der Waals surface area contributed by atoms with Crippen molar-refractivity contribution in [2.75, 3.05) is 20.0 Å². The van der Waals surface area contributed by atoms with Crippen molar-refractivity contribution >= 4 is 34.4 Å². The van der Waals surface area contributed by atoms with Gasteiger partial charge in [-0.1, -0.05) is 23.9 Å². The Morgan fingerprint density at radius 2 is 1.93 bits per heavy atom. The summed E-state index contributed by atoms with van der Waals surface area (Å²) >= 11 is 1.37. The molecule has 1 amide bonds. The number of hydrogen-bond donors (Lipinski definition) is 1. The minimum Gasteiger partial charge on any atom is -0.493 e. The number of amides is 1. The summed E-state index contributed by atoms with van der Waals surface area (Å²) < 4.78 is 12.5. The summed E-state index contributed by atoms with van der Waals surface area (Å²) in [5.41, 5.74) is 6.04. The van der Waals surface area contributed by atoms with Crippen LogP contribution in [0.2, 0.25) is 0 Å². The van der Waals surface area contributed by atoms with Gasteiger partial charge in [-0.25, -0.2) is 10.4 Å². The van der Waals surface area contributed by atoms with Crippen molar-refractivity contribution in [3.8, 4) is 11.5 Å². The van der Waals surface area contributed by atoms with E-state index in [4.69, 9.17) is 9.47 Å². The van der Waals surface area contributed by atoms with Crippen LogP contribution in [0.25, 0.3) is 11.0 Å². The first-order chi connectivity index (χ1) is 13.5. The predicted octanol–water partition coefficient (Wildman–Crippen LogP) is 3.22. The second-order valence-corrected chi connectivity index (χ2v) is 6.98. The first kappa shape index (κ1) is 19.8. The number of para-hydroxylation sites is 2. The molecule has 0 fully saturated rings. The van der Waals surface area contributed by atoms with Gasteiger partial charge in [0.05, 0.1) is 36.7 Å². The van der Waals surface area contributed by atoms with Crippen molar-refractivity contribution in [2.24, 2.45) is 12.1 Å². The summed E-state index contributed by atoms with van der Waals surface area (Å²) in [5, 5.41) is 4.97. The molecule has 1 heterocycles. The van der Waals surface area contributed by atoms with Gasteiger partial charge in [0.15, 0.2) is 16.7 Å². The van der Waals surface area contributed by atoms with Crippen molar-refractivity contribution < 1.29 is 14.3 Å². The Balaban J connectivity index is 1.62. The van der Waals surface area contributed by atoms with Crippen LogP contribution >= 0.6 is 11.8 Å². The number of imidazole rings is 1. The Labute approximate surface area is 167 Å². The van der Waals surface area contributed by atoms with Gasteiger partial charge in [0, 0.05) is 12.6 Å². The molecule has 0 radical (unpaired) electrons. The fraction of sp³-hybridized carbons (Fsp3) is 0.250. The molecule has 0 saturated heterocycles. The number of ether oxygens (including phenoxy) is 2. The summed E-state index contributed by atoms with van der Waals surface area (Å²) in [5.74, 6) is 1.27. The summed E-state index contributed by atoms with van der Waals surface area (Å²) in [6.45, 7) is 1.82. The van der Waals surface area contributed by atoms with Crippen molar-refractivity contribution in [3.05, 3.63) is 48.0 Å². The molecule has 0 saturated carbocycles. The highest BCUT2D eigenvalue weighted by molar-refractivity contribution is 7.99. The largest absolute Gasteiger partial charge is 0.493 e. The zero-order valence-electron chi connectivity index (χ0n) is 16.2. The van der Waals surface area contributed by atoms with Crippen LogP contribution in [-0.2, 0) is 11.8 Å². The van der Waals surface area contributed by atoms with E-state index in [-0.39, 0.29) is 11.7 Å². The Bertz CT molecular complexity index is 1030. The van der Waals surface area contributed by atoms with Gasteiger partial charge in [0.25, 0.3) is 5.91 Å². The molecule has 0 aliphatic carbocycles. The molecule has 0 unspecified atom stereocenters. The lowest BCUT2D eigenvalue weighted by Crippen LogP contribution is -2.21. The molecule has 0 atom stereocenters. The molecule has 2 aromatic carbocycles. The molecule has 1 N–H and O–H groups in total. The SMILES string of the molecule is COc1ccc(C(C)=NNC(=O)CSc2nc3ccccc3n2C)cc1OC. The van der Waals surface area contributed by atoms with Gasteiger partial charge in [-0.05, 0) is 37.3 Å². The second-order valence-electron chi connectivity index (χ2n) is 6.03. The number of thioether (sulfide) groups is 1. The van der Waals surface area contributed by atoms with E-state index < -0.39 is 0 Å². The number of carbonyl (C=O) groups excluding carboxylic acids is 1. The first-order valence-electron chi connectivity index (χ1n) is 8.63. The van der Waals surface area contributed by atoms with Crippen LogP contribution < -0.4 is 14.9 Å². The molecule has 146 valence electrons. The molecule has 0 aliphatic heterocycles. The molecule has 0 aliphatic rings. The number of hydrogen-bond acceptors (Lipinski definition) is 6. The quantitative estimate of drug-likeness (QED) is 0.376. The number of methoxy groups -OCH3 is 2. The molecule has 0 spiro atoms. The van der Waals surface area contributed by atoms with Gasteiger partial charge in [-0.2, -0.15) is 5.10 Å². The van der Waals surface area contributed by atoms with Gasteiger partial charge in [-0.15, -0.1) is 0 Å². The van der Waals surface area contributed by atoms with E-state index in [0.717, 1.165) is 21.8 Å². The third kappa shape index (κ3) is 4.28. The molecule has 0 bridgehead atoms. The average Bonchev–Trinajstić information content (AvgIpc) is 3.05. The standard InChI is InChI=1S/C20H22N4O3S/c1-13(14-9-10-17(26-3)18(11-14)27-4)22-23-19(25)12-28-20-21-15-7-5-6-8-16(15)24(20)2/h5-11H,12H2,1-4H3,(H,23,25). The molecule has 3 aromatic rings. The zero-order valence-corrected chi connectivity index (χ0v) is 17.0. The smallest absolute Gasteiger partial charge is 0.250 e. The third-order valence-electron chi connectivity index (χ3n) is 4.23. The van der Waals surface area contributed by atoms with Gasteiger partial charge < -0.3 is 14.0 Å². The van der Waals surface area contributed by atoms with Crippen LogP contribution in [0.15, 0.2) is 52.7 Å². The predicted molar refractivity (Wildman–Crippen MR) is 111 cm³/mol. The third-order valence-corrected chi connectivity index (χ3v) is 5.26. The van der Waals surface area contributed by atoms with Crippen LogP contribution in [0.5, 0.6) is 11.5 Å². The molecule has 1 aromatic heterocycles. The Hall–Kier alpha value is -3.00. The lowest BCUT2D eigenvalue weighted by molar-refractivity contribution is -0.118. The molecule has 7 nitrogen and oxygen atoms in total. The number of aryl methyl sites for hydroxylation is 1. The Kier molecular flexibility index (Phi) is 6.20. The van der Waals surface area contributed by atoms with Gasteiger partial charge >= 0.3 is 0 Å². The first-order valence-corrected chi connectivity index (χ1v) is 9.62. The number of aromatic nitrogens is 2. The summed E-state index contributed by atoms with van der Waals surface area (Å²) in [6, 6.07) is 13.4. The maximum absolute atomic E-state index is 12.2. The molecular formula is C20H22N4O3S. The van der Waals surface area contributed by atoms with Crippen molar-refractivity contribution in [3.63, 3.8) is 0 Å². The lowest BCUT2D eigenvalue weighted by atomic mass is 10.1. The molecule has 28 heavy (non-hydrogen) atoms. The van der Waals surface area contributed by atoms with Crippen LogP contribution in [0.4, 0.5) is 0 Å². The van der Waals surface area contributed by atoms with Crippen LogP contribution in [-0.4, -0.2) is 41.1 Å². The number of benzene rings is 2. The Morgan fingerprint density at radius 1 is 1.18 bits per heavy atom. The summed E-state index contributed by atoms with van der Waals surface area (Å²) in [7, 11) is 5.10. The zero-order chi connectivity index (χ0) is 20.1. The highest BCUT2D eigenvalue weighted by atomic mass is 32.2. The maximum atomic E-state index is 12.2. The average molecular weight is 398 g/mol. The highest BCUT2D eigenvalue weighted by Crippen LogP contribution is 2.27. The molecule has 3 rings (SSSR count). The van der Waals surface area contributed by atoms with Gasteiger partial charge in [-0.3, -0.25) is 4.79 Å². The van der Waals surface area contributed by atoms with Crippen LogP contribution in [0.3, 0.4) is 0 Å². The number of hydrazone groups is 1. The van der Waals surface area contributed by atoms with E-state index in [9.17, 15) is 4.79 Å². The van der Waals surface area contributed by atoms with E-state index in [1.54, 1.807) is 20.3 Å². The lowest BCUT2D eigenvalue weighted by Gasteiger charge is -2.09. The number of nitrogens with zero attached hydrogens (tertiary/aromatic N) is 3. The molecular weight excluding hydrogens is 376 g/mol. The second kappa shape index (κ2) is 8.79. The van der Waals surface area contributed by atoms with Gasteiger partial charge in [0.2, 0.25) is 0 Å². The molecule has 8 heteroatoms. The van der Waals surface area contributed by atoms with Gasteiger partial charge in [0.1, 0.15) is 0 Å². The minimum atomic E-state index is -0.197. The maximum Gasteiger partial charge on any atom is 0.250 e. The highest BCUT2D eigenvalue weighted by Gasteiger charge is 2.11. The van der Waals surface area contributed by atoms with E-state index in [0.29, 0.717) is 17.2 Å². The van der Waals surface area contributed by atoms with Crippen LogP contribution in [0.1, 0.15) is 12.5 Å². The van der Waals surface area contributed by atoms with Crippen molar-refractivity contribution in [2.45, 2.75) is 12.1 Å². The van der Waals surface area contributed by atoms with E-state index in [2.05, 4.69) is 15.5 Å². The fourth-order valence-corrected chi connectivity index (χ4v) is 3.47. The summed E-state index contributed by atoms with van der Waals surface area (Å²) in [6.07, 6.45) is 0. The number of rotatable bonds is 7. The van der Waals surface area contributed by atoms with Crippen molar-refractivity contribution in [1.29, 1.82) is 0 Å². The number of fused-ring (bicyclic) bond motifs is 1. The minimum absolute atomic E-state index is 0.197. The van der Waals surface area contributed by atoms with E-state index in [1.807, 2.05) is 54.9 Å². The Morgan fingerprint density at radius 3 is 2.64 bits per heavy atom. The topological polar surface area (TPSA) is 77.7 Å². The summed E-state index contributed by atoms with van der Waals surface area (Å²) in [4.78, 5) is 16.7. The van der Waals surface area contributed by atoms with E-state index >= 15 is 0 Å². The normalized spacial score (nSPS) is 11.5. The fourth-order valence-electron chi connectivity index (χ4n) is 2.69. The van der Waals surface area contributed by atoms with E-state index in [1.165, 1.54) is 11.8 Å². The van der Waals surface area contributed by atoms with Crippen LogP contribution in [0, 0.1) is 0 Å². The number of nitrogens with one attached hydrogen (secondary N) is 1. The van der Waals surface area contributed by atoms with Crippen molar-refractivity contribution in [1.82, 2.24) is 15.0 Å². The monoisotopic (exact) mass is 398 g/mol.